The number of hydrogen-bond acceptors (Lipinski definition) is 2. The van der Waals surface area contributed by atoms with Crippen molar-refractivity contribution in [3.8, 4) is 0 Å². The molecule has 4 nitrogen and oxygen atoms in total. The zero-order valence-corrected chi connectivity index (χ0v) is 18.0. The molecule has 1 aromatic carbocycles. The smallest absolute Gasteiger partial charge is 0.190 e. The number of aliphatic imine (C=N–C) groups is 1. The maximum Gasteiger partial charge on any atom is 0.190 e. The molecule has 0 saturated carbocycles. The molecule has 25 heavy (non-hydrogen) atoms. The molecule has 0 amide bonds. The minimum atomic E-state index is 0. The van der Waals surface area contributed by atoms with Crippen molar-refractivity contribution in [3.63, 3.8) is 0 Å². The third-order valence-corrected chi connectivity index (χ3v) is 5.56. The van der Waals surface area contributed by atoms with Gasteiger partial charge in [0.2, 0.25) is 0 Å². The lowest BCUT2D eigenvalue weighted by atomic mass is 9.78. The van der Waals surface area contributed by atoms with Crippen molar-refractivity contribution in [2.75, 3.05) is 33.2 Å². The minimum absolute atomic E-state index is 0. The molecule has 2 atom stereocenters. The highest BCUT2D eigenvalue weighted by Crippen LogP contribution is 2.33. The van der Waals surface area contributed by atoms with Crippen LogP contribution < -0.4 is 10.6 Å². The Morgan fingerprint density at radius 2 is 2.08 bits per heavy atom. The molecule has 3 rings (SSSR count). The van der Waals surface area contributed by atoms with Gasteiger partial charge in [-0.3, -0.25) is 4.99 Å². The van der Waals surface area contributed by atoms with Gasteiger partial charge >= 0.3 is 0 Å². The van der Waals surface area contributed by atoms with Crippen LogP contribution in [-0.4, -0.2) is 50.1 Å². The van der Waals surface area contributed by atoms with E-state index in [4.69, 9.17) is 0 Å². The van der Waals surface area contributed by atoms with Crippen LogP contribution in [0.1, 0.15) is 49.7 Å². The summed E-state index contributed by atoms with van der Waals surface area (Å²) in [5.41, 5.74) is 3.00. The van der Waals surface area contributed by atoms with Gasteiger partial charge in [-0.1, -0.05) is 30.7 Å². The predicted octanol–water partition coefficient (Wildman–Crippen LogP) is 3.37. The molecule has 0 spiro atoms. The van der Waals surface area contributed by atoms with Crippen LogP contribution in [-0.2, 0) is 6.42 Å². The Kier molecular flexibility index (Phi) is 8.49. The molecule has 2 aliphatic rings. The fourth-order valence-electron chi connectivity index (χ4n) is 3.96. The first kappa shape index (κ1) is 20.5. The van der Waals surface area contributed by atoms with Crippen LogP contribution in [0.4, 0.5) is 0 Å². The Labute approximate surface area is 169 Å². The summed E-state index contributed by atoms with van der Waals surface area (Å²) in [6, 6.07) is 9.52. The maximum absolute atomic E-state index is 4.35. The van der Waals surface area contributed by atoms with Gasteiger partial charge in [0.1, 0.15) is 0 Å². The van der Waals surface area contributed by atoms with E-state index in [2.05, 4.69) is 51.7 Å². The normalized spacial score (nSPS) is 23.2. The largest absolute Gasteiger partial charge is 0.356 e. The molecular weight excluding hydrogens is 423 g/mol. The first-order chi connectivity index (χ1) is 11.8. The fourth-order valence-corrected chi connectivity index (χ4v) is 3.96. The molecule has 1 fully saturated rings. The number of nitrogens with one attached hydrogen (secondary N) is 2. The Morgan fingerprint density at radius 1 is 1.24 bits per heavy atom. The lowest BCUT2D eigenvalue weighted by Gasteiger charge is -2.33. The first-order valence-corrected chi connectivity index (χ1v) is 9.54. The van der Waals surface area contributed by atoms with E-state index in [0.29, 0.717) is 5.92 Å². The number of rotatable bonds is 6. The van der Waals surface area contributed by atoms with E-state index in [1.165, 1.54) is 56.3 Å². The summed E-state index contributed by atoms with van der Waals surface area (Å²) < 4.78 is 0. The van der Waals surface area contributed by atoms with E-state index < -0.39 is 0 Å². The fraction of sp³-hybridized carbons (Fsp3) is 0.650. The van der Waals surface area contributed by atoms with E-state index in [1.54, 1.807) is 0 Å². The highest BCUT2D eigenvalue weighted by molar-refractivity contribution is 14.0. The van der Waals surface area contributed by atoms with Gasteiger partial charge in [0.25, 0.3) is 0 Å². The second-order valence-corrected chi connectivity index (χ2v) is 7.21. The summed E-state index contributed by atoms with van der Waals surface area (Å²) in [5, 5.41) is 6.95. The average Bonchev–Trinajstić information content (AvgIpc) is 2.59. The van der Waals surface area contributed by atoms with Crippen LogP contribution in [0.5, 0.6) is 0 Å². The van der Waals surface area contributed by atoms with Gasteiger partial charge in [-0.15, -0.1) is 24.0 Å². The quantitative estimate of drug-likeness (QED) is 0.299. The number of benzene rings is 1. The molecule has 1 aliphatic heterocycles. The van der Waals surface area contributed by atoms with Gasteiger partial charge in [-0.25, -0.2) is 0 Å². The van der Waals surface area contributed by atoms with Crippen molar-refractivity contribution in [2.45, 2.75) is 51.0 Å². The Bertz CT molecular complexity index is 560. The second kappa shape index (κ2) is 10.4. The van der Waals surface area contributed by atoms with Crippen LogP contribution in [0.15, 0.2) is 29.3 Å². The van der Waals surface area contributed by atoms with Gasteiger partial charge < -0.3 is 15.5 Å². The van der Waals surface area contributed by atoms with Crippen LogP contribution >= 0.6 is 24.0 Å². The van der Waals surface area contributed by atoms with Gasteiger partial charge in [0, 0.05) is 38.6 Å². The number of hydrogen-bond donors (Lipinski definition) is 2. The lowest BCUT2D eigenvalue weighted by Crippen LogP contribution is -2.43. The molecule has 0 aromatic heterocycles. The summed E-state index contributed by atoms with van der Waals surface area (Å²) in [5.74, 6) is 1.57. The predicted molar refractivity (Wildman–Crippen MR) is 117 cm³/mol. The van der Waals surface area contributed by atoms with Gasteiger partial charge in [-0.05, 0) is 50.3 Å². The highest BCUT2D eigenvalue weighted by atomic mass is 127. The molecule has 1 saturated heterocycles. The Morgan fingerprint density at radius 3 is 2.84 bits per heavy atom. The van der Waals surface area contributed by atoms with Crippen molar-refractivity contribution in [1.29, 1.82) is 0 Å². The highest BCUT2D eigenvalue weighted by Gasteiger charge is 2.25. The number of piperidine rings is 1. The number of nitrogens with zero attached hydrogens (tertiary/aromatic N) is 2. The molecule has 2 unspecified atom stereocenters. The SMILES string of the molecule is CN=C(NCCCN1CCCCC1C)NCC1Cc2ccccc21.I. The zero-order valence-electron chi connectivity index (χ0n) is 15.6. The average molecular weight is 456 g/mol. The molecule has 1 aliphatic carbocycles. The number of likely N-dealkylation sites (tertiary alicyclic amines) is 1. The summed E-state index contributed by atoms with van der Waals surface area (Å²) in [6.07, 6.45) is 6.49. The summed E-state index contributed by atoms with van der Waals surface area (Å²) >= 11 is 0. The van der Waals surface area contributed by atoms with Crippen molar-refractivity contribution in [2.24, 2.45) is 4.99 Å². The van der Waals surface area contributed by atoms with Crippen molar-refractivity contribution < 1.29 is 0 Å². The van der Waals surface area contributed by atoms with E-state index >= 15 is 0 Å². The second-order valence-electron chi connectivity index (χ2n) is 7.21. The number of halogens is 1. The third kappa shape index (κ3) is 5.58. The van der Waals surface area contributed by atoms with Gasteiger partial charge in [0.05, 0.1) is 0 Å². The number of guanidine groups is 1. The summed E-state index contributed by atoms with van der Waals surface area (Å²) in [4.78, 5) is 6.99. The van der Waals surface area contributed by atoms with Crippen molar-refractivity contribution in [1.82, 2.24) is 15.5 Å². The summed E-state index contributed by atoms with van der Waals surface area (Å²) in [7, 11) is 1.86. The molecule has 0 bridgehead atoms. The molecule has 1 heterocycles. The molecule has 5 heteroatoms. The van der Waals surface area contributed by atoms with E-state index in [0.717, 1.165) is 25.1 Å². The van der Waals surface area contributed by atoms with Crippen LogP contribution in [0.3, 0.4) is 0 Å². The molecule has 2 N–H and O–H groups in total. The van der Waals surface area contributed by atoms with E-state index in [1.807, 2.05) is 7.05 Å². The van der Waals surface area contributed by atoms with Gasteiger partial charge in [-0.2, -0.15) is 0 Å². The first-order valence-electron chi connectivity index (χ1n) is 9.54. The van der Waals surface area contributed by atoms with E-state index in [-0.39, 0.29) is 24.0 Å². The van der Waals surface area contributed by atoms with Crippen LogP contribution in [0, 0.1) is 0 Å². The topological polar surface area (TPSA) is 39.7 Å². The minimum Gasteiger partial charge on any atom is -0.356 e. The zero-order chi connectivity index (χ0) is 16.8. The molecular formula is C20H33IN4. The molecule has 140 valence electrons. The van der Waals surface area contributed by atoms with Crippen molar-refractivity contribution >= 4 is 29.9 Å². The Hall–Kier alpha value is -0.820. The third-order valence-electron chi connectivity index (χ3n) is 5.56. The monoisotopic (exact) mass is 456 g/mol. The standard InChI is InChI=1S/C20H32N4.HI/c1-16-8-5-6-12-24(16)13-7-11-22-20(21-2)23-15-18-14-17-9-3-4-10-19(17)18;/h3-4,9-10,16,18H,5-8,11-15H2,1-2H3,(H2,21,22,23);1H. The van der Waals surface area contributed by atoms with E-state index in [9.17, 15) is 0 Å². The van der Waals surface area contributed by atoms with Crippen LogP contribution in [0.2, 0.25) is 0 Å². The maximum atomic E-state index is 4.35. The lowest BCUT2D eigenvalue weighted by molar-refractivity contribution is 0.159. The van der Waals surface area contributed by atoms with Gasteiger partial charge in [0.15, 0.2) is 5.96 Å². The summed E-state index contributed by atoms with van der Waals surface area (Å²) in [6.45, 7) is 6.80. The molecule has 0 radical (unpaired) electrons. The number of fused-ring (bicyclic) bond motifs is 1. The molecule has 1 aromatic rings. The Balaban J connectivity index is 0.00000225. The van der Waals surface area contributed by atoms with Crippen LogP contribution in [0.25, 0.3) is 0 Å². The van der Waals surface area contributed by atoms with Crippen molar-refractivity contribution in [3.05, 3.63) is 35.4 Å².